The van der Waals surface area contributed by atoms with Gasteiger partial charge in [-0.1, -0.05) is 38.5 Å². The number of piperidine rings is 1. The Kier molecular flexibility index (Phi) is 14.7. The van der Waals surface area contributed by atoms with Crippen molar-refractivity contribution in [3.8, 4) is 10.4 Å². The summed E-state index contributed by atoms with van der Waals surface area (Å²) in [5.74, 6) is -0.747. The quantitative estimate of drug-likeness (QED) is 0.0900. The van der Waals surface area contributed by atoms with Gasteiger partial charge in [-0.05, 0) is 131 Å². The molecule has 0 bridgehead atoms. The fourth-order valence-corrected chi connectivity index (χ4v) is 12.1. The fourth-order valence-electron chi connectivity index (χ4n) is 9.90. The number of carbonyl (C=O) groups is 3. The van der Waals surface area contributed by atoms with Crippen molar-refractivity contribution < 1.29 is 23.5 Å². The Balaban J connectivity index is 0.811. The van der Waals surface area contributed by atoms with E-state index in [1.54, 1.807) is 5.38 Å². The lowest BCUT2D eigenvalue weighted by molar-refractivity contribution is -0.141. The van der Waals surface area contributed by atoms with Crippen LogP contribution in [-0.4, -0.2) is 88.8 Å². The van der Waals surface area contributed by atoms with Crippen LogP contribution in [0.2, 0.25) is 0 Å². The maximum Gasteiger partial charge on any atom is 0.246 e. The summed E-state index contributed by atoms with van der Waals surface area (Å²) >= 11 is 3.31. The lowest BCUT2D eigenvalue weighted by Crippen LogP contribution is -2.56. The van der Waals surface area contributed by atoms with Crippen LogP contribution in [0.15, 0.2) is 60.2 Å². The highest BCUT2D eigenvalue weighted by Gasteiger charge is 2.42. The van der Waals surface area contributed by atoms with Gasteiger partial charge in [-0.15, -0.1) is 22.7 Å². The number of amides is 2. The molecule has 4 aromatic rings. The van der Waals surface area contributed by atoms with Gasteiger partial charge in [-0.2, -0.15) is 0 Å². The highest BCUT2D eigenvalue weighted by molar-refractivity contribution is 7.15. The van der Waals surface area contributed by atoms with Gasteiger partial charge in [0.05, 0.1) is 24.3 Å². The maximum absolute atomic E-state index is 14.7. The number of nitrogens with zero attached hydrogens (tertiary/aromatic N) is 4. The van der Waals surface area contributed by atoms with E-state index in [9.17, 15) is 18.8 Å². The molecule has 2 amide bonds. The van der Waals surface area contributed by atoms with Crippen LogP contribution in [0, 0.1) is 11.7 Å². The molecule has 6 heterocycles. The third-order valence-electron chi connectivity index (χ3n) is 13.5. The standard InChI is InChI=1S/C48H61FN6O4S2/c1-33(51-23-8-4-9-26-54-28-21-48(22-29-54)38-31-42(34-18-24-50-25-19-34)61-41(38)20-30-59-48)45(57)53-43(35-11-5-2-6-12-35)47(58)55-27-10-3-7-13-40(55)46-52-39(32-60-46)44(56)36-14-16-37(49)17-15-36/h14-19,24-25,31-33,35,40,43,51H,2-13,20-23,26-30H2,1H3,(H,53,57)/t33-,40?,43-/m0/s1. The molecule has 13 heteroatoms. The maximum atomic E-state index is 14.7. The first-order chi connectivity index (χ1) is 29.8. The lowest BCUT2D eigenvalue weighted by atomic mass is 9.82. The number of nitrogens with one attached hydrogen (secondary N) is 2. The number of hydrogen-bond donors (Lipinski definition) is 2. The van der Waals surface area contributed by atoms with Crippen LogP contribution in [-0.2, 0) is 26.3 Å². The number of benzene rings is 1. The molecule has 3 fully saturated rings. The number of carbonyl (C=O) groups excluding carboxylic acids is 3. The van der Waals surface area contributed by atoms with Gasteiger partial charge in [-0.3, -0.25) is 19.4 Å². The normalized spacial score (nSPS) is 20.8. The van der Waals surface area contributed by atoms with E-state index in [-0.39, 0.29) is 35.2 Å². The Hall–Kier alpha value is -3.88. The van der Waals surface area contributed by atoms with Crippen molar-refractivity contribution in [2.45, 2.75) is 127 Å². The Morgan fingerprint density at radius 3 is 2.48 bits per heavy atom. The van der Waals surface area contributed by atoms with Crippen LogP contribution < -0.4 is 10.6 Å². The van der Waals surface area contributed by atoms with Gasteiger partial charge in [0.2, 0.25) is 17.6 Å². The predicted molar refractivity (Wildman–Crippen MR) is 239 cm³/mol. The molecule has 8 rings (SSSR count). The number of pyridine rings is 1. The Bertz CT molecular complexity index is 2080. The third kappa shape index (κ3) is 10.5. The summed E-state index contributed by atoms with van der Waals surface area (Å²) in [5.41, 5.74) is 3.16. The van der Waals surface area contributed by atoms with E-state index in [2.05, 4.69) is 38.7 Å². The predicted octanol–water partition coefficient (Wildman–Crippen LogP) is 8.86. The van der Waals surface area contributed by atoms with Gasteiger partial charge in [0.25, 0.3) is 0 Å². The average Bonchev–Trinajstić information content (AvgIpc) is 3.90. The molecule has 61 heavy (non-hydrogen) atoms. The van der Waals surface area contributed by atoms with Crippen LogP contribution in [0.4, 0.5) is 4.39 Å². The monoisotopic (exact) mass is 868 g/mol. The van der Waals surface area contributed by atoms with Crippen molar-refractivity contribution in [2.75, 3.05) is 39.3 Å². The number of aromatic nitrogens is 2. The number of ketones is 1. The first-order valence-corrected chi connectivity index (χ1v) is 24.5. The zero-order valence-corrected chi connectivity index (χ0v) is 37.2. The van der Waals surface area contributed by atoms with E-state index in [0.29, 0.717) is 17.8 Å². The molecule has 1 saturated carbocycles. The number of fused-ring (bicyclic) bond motifs is 2. The van der Waals surface area contributed by atoms with Crippen molar-refractivity contribution >= 4 is 40.3 Å². The minimum atomic E-state index is -0.601. The SMILES string of the molecule is C[C@H](NCCCCCN1CCC2(CC1)OCCc1sc(-c3ccncc3)cc12)C(=O)N[C@H](C(=O)N1CCCCCC1c1nc(C(=O)c2ccc(F)cc2)cs1)C1CCCCC1. The van der Waals surface area contributed by atoms with E-state index in [0.717, 1.165) is 134 Å². The molecule has 1 aliphatic carbocycles. The summed E-state index contributed by atoms with van der Waals surface area (Å²) in [4.78, 5) is 58.0. The number of rotatable bonds is 15. The Morgan fingerprint density at radius 2 is 1.69 bits per heavy atom. The molecule has 4 aliphatic rings. The first-order valence-electron chi connectivity index (χ1n) is 22.8. The van der Waals surface area contributed by atoms with Crippen LogP contribution in [0.25, 0.3) is 10.4 Å². The summed E-state index contributed by atoms with van der Waals surface area (Å²) in [7, 11) is 0. The van der Waals surface area contributed by atoms with Crippen molar-refractivity contribution in [3.63, 3.8) is 0 Å². The number of hydrogen-bond acceptors (Lipinski definition) is 10. The number of ether oxygens (including phenoxy) is 1. The summed E-state index contributed by atoms with van der Waals surface area (Å²) in [6.07, 6.45) is 18.6. The van der Waals surface area contributed by atoms with Crippen molar-refractivity contribution in [3.05, 3.63) is 92.8 Å². The van der Waals surface area contributed by atoms with E-state index in [4.69, 9.17) is 9.72 Å². The van der Waals surface area contributed by atoms with E-state index in [1.807, 2.05) is 35.6 Å². The highest BCUT2D eigenvalue weighted by Crippen LogP contribution is 2.46. The molecule has 3 aromatic heterocycles. The minimum Gasteiger partial charge on any atom is -0.370 e. The zero-order valence-electron chi connectivity index (χ0n) is 35.5. The fraction of sp³-hybridized carbons (Fsp3) is 0.562. The van der Waals surface area contributed by atoms with Crippen LogP contribution in [0.3, 0.4) is 0 Å². The topological polar surface area (TPSA) is 117 Å². The second-order valence-electron chi connectivity index (χ2n) is 17.5. The molecule has 1 spiro atoms. The summed E-state index contributed by atoms with van der Waals surface area (Å²) < 4.78 is 20.1. The lowest BCUT2D eigenvalue weighted by Gasteiger charge is -2.44. The number of thiazole rings is 1. The summed E-state index contributed by atoms with van der Waals surface area (Å²) in [5, 5.41) is 9.18. The van der Waals surface area contributed by atoms with Crippen LogP contribution in [0.5, 0.6) is 0 Å². The Morgan fingerprint density at radius 1 is 0.934 bits per heavy atom. The molecule has 2 N–H and O–H groups in total. The number of likely N-dealkylation sites (tertiary alicyclic amines) is 2. The molecular formula is C48H61FN6O4S2. The van der Waals surface area contributed by atoms with Gasteiger partial charge in [0.15, 0.2) is 0 Å². The third-order valence-corrected chi connectivity index (χ3v) is 15.7. The van der Waals surface area contributed by atoms with Gasteiger partial charge in [0.1, 0.15) is 22.6 Å². The zero-order chi connectivity index (χ0) is 42.2. The second-order valence-corrected chi connectivity index (χ2v) is 19.6. The van der Waals surface area contributed by atoms with Crippen LogP contribution >= 0.6 is 22.7 Å². The van der Waals surface area contributed by atoms with E-state index < -0.39 is 17.9 Å². The van der Waals surface area contributed by atoms with Crippen molar-refractivity contribution in [2.24, 2.45) is 5.92 Å². The van der Waals surface area contributed by atoms with Gasteiger partial charge >= 0.3 is 0 Å². The molecule has 1 aromatic carbocycles. The van der Waals surface area contributed by atoms with Crippen molar-refractivity contribution in [1.82, 2.24) is 30.4 Å². The number of unbranched alkanes of at least 4 members (excludes halogenated alkanes) is 2. The smallest absolute Gasteiger partial charge is 0.246 e. The molecule has 326 valence electrons. The van der Waals surface area contributed by atoms with Gasteiger partial charge in [0, 0.05) is 59.1 Å². The summed E-state index contributed by atoms with van der Waals surface area (Å²) in [6.45, 7) is 7.17. The molecule has 3 atom stereocenters. The number of thiophene rings is 1. The van der Waals surface area contributed by atoms with Gasteiger partial charge in [-0.25, -0.2) is 9.37 Å². The minimum absolute atomic E-state index is 0.0369. The molecule has 10 nitrogen and oxygen atoms in total. The molecule has 1 unspecified atom stereocenters. The van der Waals surface area contributed by atoms with Gasteiger partial charge < -0.3 is 25.2 Å². The molecule has 0 radical (unpaired) electrons. The summed E-state index contributed by atoms with van der Waals surface area (Å²) in [6, 6.07) is 10.8. The molecule has 3 aliphatic heterocycles. The van der Waals surface area contributed by atoms with Crippen LogP contribution in [0.1, 0.15) is 134 Å². The molecule has 2 saturated heterocycles. The largest absolute Gasteiger partial charge is 0.370 e. The average molecular weight is 869 g/mol. The highest BCUT2D eigenvalue weighted by atomic mass is 32.1. The van der Waals surface area contributed by atoms with E-state index >= 15 is 0 Å². The molecular weight excluding hydrogens is 808 g/mol. The van der Waals surface area contributed by atoms with Crippen molar-refractivity contribution in [1.29, 1.82) is 0 Å². The first kappa shape index (κ1) is 43.8. The van der Waals surface area contributed by atoms with E-state index in [1.165, 1.54) is 56.5 Å². The number of halogens is 1. The Labute approximate surface area is 368 Å². The second kappa shape index (κ2) is 20.5.